The normalized spacial score (nSPS) is 22.6. The third-order valence-corrected chi connectivity index (χ3v) is 2.35. The van der Waals surface area contributed by atoms with Crippen LogP contribution in [0.15, 0.2) is 4.42 Å². The van der Waals surface area contributed by atoms with Gasteiger partial charge in [-0.3, -0.25) is 0 Å². The zero-order chi connectivity index (χ0) is 9.26. The lowest BCUT2D eigenvalue weighted by Gasteiger charge is -2.19. The Labute approximate surface area is 76.4 Å². The molecule has 1 aliphatic heterocycles. The van der Waals surface area contributed by atoms with Gasteiger partial charge in [0.05, 0.1) is 12.6 Å². The molecule has 1 aliphatic rings. The quantitative estimate of drug-likeness (QED) is 0.716. The van der Waals surface area contributed by atoms with Crippen molar-refractivity contribution < 1.29 is 9.52 Å². The number of anilines is 1. The minimum atomic E-state index is 0.153. The third kappa shape index (κ3) is 1.51. The number of nitrogens with zero attached hydrogens (tertiary/aromatic N) is 3. The van der Waals surface area contributed by atoms with Crippen molar-refractivity contribution in [2.45, 2.75) is 25.8 Å². The fraction of sp³-hybridized carbons (Fsp3) is 0.750. The average Bonchev–Trinajstić information content (AvgIpc) is 2.71. The smallest absolute Gasteiger partial charge is 0.318 e. The van der Waals surface area contributed by atoms with Crippen LogP contribution >= 0.6 is 0 Å². The lowest BCUT2D eigenvalue weighted by Crippen LogP contribution is -2.32. The summed E-state index contributed by atoms with van der Waals surface area (Å²) in [5.41, 5.74) is 0. The van der Waals surface area contributed by atoms with Gasteiger partial charge >= 0.3 is 6.01 Å². The van der Waals surface area contributed by atoms with Crippen molar-refractivity contribution in [2.24, 2.45) is 0 Å². The van der Waals surface area contributed by atoms with E-state index in [9.17, 15) is 0 Å². The van der Waals surface area contributed by atoms with E-state index >= 15 is 0 Å². The van der Waals surface area contributed by atoms with Crippen molar-refractivity contribution in [1.82, 2.24) is 10.2 Å². The Balaban J connectivity index is 2.15. The molecule has 0 bridgehead atoms. The first-order chi connectivity index (χ1) is 6.31. The fourth-order valence-corrected chi connectivity index (χ4v) is 1.68. The number of aliphatic hydroxyl groups is 1. The van der Waals surface area contributed by atoms with Gasteiger partial charge in [0.2, 0.25) is 5.89 Å². The van der Waals surface area contributed by atoms with Gasteiger partial charge in [-0.25, -0.2) is 0 Å². The molecule has 1 atom stereocenters. The van der Waals surface area contributed by atoms with Gasteiger partial charge in [-0.05, 0) is 12.8 Å². The van der Waals surface area contributed by atoms with E-state index in [1.165, 1.54) is 0 Å². The second-order valence-corrected chi connectivity index (χ2v) is 3.28. The summed E-state index contributed by atoms with van der Waals surface area (Å²) in [7, 11) is 0. The molecule has 2 heterocycles. The van der Waals surface area contributed by atoms with E-state index in [2.05, 4.69) is 10.2 Å². The summed E-state index contributed by atoms with van der Waals surface area (Å²) in [5, 5.41) is 16.8. The van der Waals surface area contributed by atoms with Crippen LogP contribution in [-0.2, 0) is 0 Å². The molecular weight excluding hydrogens is 170 g/mol. The molecule has 5 heteroatoms. The van der Waals surface area contributed by atoms with Gasteiger partial charge in [-0.2, -0.15) is 0 Å². The first-order valence-corrected chi connectivity index (χ1v) is 4.49. The molecule has 1 fully saturated rings. The lowest BCUT2D eigenvalue weighted by atomic mass is 10.2. The van der Waals surface area contributed by atoms with E-state index in [0.29, 0.717) is 11.9 Å². The molecule has 13 heavy (non-hydrogen) atoms. The fourth-order valence-electron chi connectivity index (χ4n) is 1.68. The molecule has 0 spiro atoms. The second kappa shape index (κ2) is 3.33. The summed E-state index contributed by atoms with van der Waals surface area (Å²) in [6.45, 7) is 2.81. The molecule has 1 aromatic heterocycles. The minimum absolute atomic E-state index is 0.153. The van der Waals surface area contributed by atoms with Crippen LogP contribution in [0.25, 0.3) is 0 Å². The van der Waals surface area contributed by atoms with Crippen molar-refractivity contribution in [3.63, 3.8) is 0 Å². The van der Waals surface area contributed by atoms with Crippen molar-refractivity contribution in [3.05, 3.63) is 5.89 Å². The molecule has 0 aliphatic carbocycles. The van der Waals surface area contributed by atoms with Crippen LogP contribution in [0.4, 0.5) is 6.01 Å². The summed E-state index contributed by atoms with van der Waals surface area (Å²) >= 11 is 0. The molecule has 1 saturated heterocycles. The maximum absolute atomic E-state index is 9.07. The van der Waals surface area contributed by atoms with Crippen LogP contribution in [0, 0.1) is 6.92 Å². The molecule has 0 aromatic carbocycles. The van der Waals surface area contributed by atoms with Gasteiger partial charge in [0.1, 0.15) is 0 Å². The maximum Gasteiger partial charge on any atom is 0.318 e. The number of aliphatic hydroxyl groups excluding tert-OH is 1. The molecule has 0 radical (unpaired) electrons. The van der Waals surface area contributed by atoms with Gasteiger partial charge in [-0.15, -0.1) is 5.10 Å². The number of hydrogen-bond donors (Lipinski definition) is 1. The molecule has 72 valence electrons. The van der Waals surface area contributed by atoms with Crippen LogP contribution < -0.4 is 4.90 Å². The summed E-state index contributed by atoms with van der Waals surface area (Å²) < 4.78 is 5.29. The molecule has 1 aromatic rings. The number of hydrogen-bond acceptors (Lipinski definition) is 5. The van der Waals surface area contributed by atoms with Crippen LogP contribution in [0.1, 0.15) is 18.7 Å². The van der Waals surface area contributed by atoms with Crippen molar-refractivity contribution >= 4 is 6.01 Å². The highest BCUT2D eigenvalue weighted by Gasteiger charge is 2.27. The topological polar surface area (TPSA) is 62.4 Å². The maximum atomic E-state index is 9.07. The highest BCUT2D eigenvalue weighted by atomic mass is 16.4. The largest absolute Gasteiger partial charge is 0.408 e. The molecule has 0 amide bonds. The molecular formula is C8H13N3O2. The Morgan fingerprint density at radius 1 is 1.62 bits per heavy atom. The zero-order valence-corrected chi connectivity index (χ0v) is 7.60. The lowest BCUT2D eigenvalue weighted by molar-refractivity contribution is 0.263. The number of aryl methyl sites for hydroxylation is 1. The van der Waals surface area contributed by atoms with Gasteiger partial charge < -0.3 is 14.4 Å². The van der Waals surface area contributed by atoms with Crippen molar-refractivity contribution in [1.29, 1.82) is 0 Å². The number of aromatic nitrogens is 2. The molecule has 1 N–H and O–H groups in total. The van der Waals surface area contributed by atoms with Gasteiger partial charge in [0.25, 0.3) is 0 Å². The predicted molar refractivity (Wildman–Crippen MR) is 46.5 cm³/mol. The van der Waals surface area contributed by atoms with E-state index in [0.717, 1.165) is 19.4 Å². The standard InChI is InChI=1S/C8H13N3O2/c1-6-9-10-8(13-6)11-4-2-3-7(11)5-12/h7,12H,2-5H2,1H3/t7-/m1/s1. The molecule has 0 unspecified atom stereocenters. The molecule has 2 rings (SSSR count). The monoisotopic (exact) mass is 183 g/mol. The highest BCUT2D eigenvalue weighted by molar-refractivity contribution is 5.28. The summed E-state index contributed by atoms with van der Waals surface area (Å²) in [6.07, 6.45) is 2.07. The van der Waals surface area contributed by atoms with E-state index in [1.807, 2.05) is 4.90 Å². The van der Waals surface area contributed by atoms with Gasteiger partial charge in [0, 0.05) is 13.5 Å². The SMILES string of the molecule is Cc1nnc(N2CCC[C@@H]2CO)o1. The first kappa shape index (κ1) is 8.50. The van der Waals surface area contributed by atoms with Crippen LogP contribution in [0.5, 0.6) is 0 Å². The minimum Gasteiger partial charge on any atom is -0.408 e. The van der Waals surface area contributed by atoms with E-state index in [1.54, 1.807) is 6.92 Å². The predicted octanol–water partition coefficient (Wildman–Crippen LogP) is 0.339. The summed E-state index contributed by atoms with van der Waals surface area (Å²) in [4.78, 5) is 1.97. The van der Waals surface area contributed by atoms with E-state index in [4.69, 9.17) is 9.52 Å². The van der Waals surface area contributed by atoms with Crippen LogP contribution in [-0.4, -0.2) is 34.5 Å². The average molecular weight is 183 g/mol. The van der Waals surface area contributed by atoms with Crippen molar-refractivity contribution in [2.75, 3.05) is 18.1 Å². The Morgan fingerprint density at radius 3 is 3.08 bits per heavy atom. The Bertz CT molecular complexity index is 287. The number of rotatable bonds is 2. The Hall–Kier alpha value is -1.10. The zero-order valence-electron chi connectivity index (χ0n) is 7.60. The van der Waals surface area contributed by atoms with Crippen molar-refractivity contribution in [3.8, 4) is 0 Å². The van der Waals surface area contributed by atoms with E-state index < -0.39 is 0 Å². The van der Waals surface area contributed by atoms with Crippen LogP contribution in [0.3, 0.4) is 0 Å². The third-order valence-electron chi connectivity index (χ3n) is 2.35. The molecule has 5 nitrogen and oxygen atoms in total. The second-order valence-electron chi connectivity index (χ2n) is 3.28. The highest BCUT2D eigenvalue weighted by Crippen LogP contribution is 2.23. The summed E-state index contributed by atoms with van der Waals surface area (Å²) in [5.74, 6) is 0.568. The Kier molecular flexibility index (Phi) is 2.18. The first-order valence-electron chi connectivity index (χ1n) is 4.49. The van der Waals surface area contributed by atoms with E-state index in [-0.39, 0.29) is 12.6 Å². The Morgan fingerprint density at radius 2 is 2.46 bits per heavy atom. The summed E-state index contributed by atoms with van der Waals surface area (Å²) in [6, 6.07) is 0.689. The van der Waals surface area contributed by atoms with Gasteiger partial charge in [0.15, 0.2) is 0 Å². The molecule has 0 saturated carbocycles. The van der Waals surface area contributed by atoms with Gasteiger partial charge in [-0.1, -0.05) is 5.10 Å². The van der Waals surface area contributed by atoms with Crippen LogP contribution in [0.2, 0.25) is 0 Å².